The summed E-state index contributed by atoms with van der Waals surface area (Å²) in [5.74, 6) is 0.505. The first-order valence-electron chi connectivity index (χ1n) is 8.91. The summed E-state index contributed by atoms with van der Waals surface area (Å²) in [6.45, 7) is 6.78. The number of anilines is 1. The summed E-state index contributed by atoms with van der Waals surface area (Å²) in [5.41, 5.74) is 1.20. The number of nitrogens with zero attached hydrogens (tertiary/aromatic N) is 3. The first-order valence-corrected chi connectivity index (χ1v) is 9.79. The molecule has 148 valence electrons. The molecule has 1 fully saturated rings. The van der Waals surface area contributed by atoms with Crippen molar-refractivity contribution in [1.29, 1.82) is 0 Å². The number of hydrogen-bond donors (Lipinski definition) is 2. The molecular weight excluding hydrogens is 478 g/mol. The van der Waals surface area contributed by atoms with Crippen LogP contribution in [0.4, 0.5) is 9.39 Å². The number of guanidine groups is 1. The van der Waals surface area contributed by atoms with Gasteiger partial charge in [-0.3, -0.25) is 0 Å². The molecule has 1 aliphatic rings. The van der Waals surface area contributed by atoms with Crippen molar-refractivity contribution in [3.05, 3.63) is 52.7 Å². The van der Waals surface area contributed by atoms with Gasteiger partial charge in [0, 0.05) is 38.3 Å². The minimum absolute atomic E-state index is 0. The number of halogens is 2. The lowest BCUT2D eigenvalue weighted by atomic mass is 10.1. The summed E-state index contributed by atoms with van der Waals surface area (Å²) in [5, 5.41) is 16.0. The van der Waals surface area contributed by atoms with Gasteiger partial charge in [-0.25, -0.2) is 9.38 Å². The van der Waals surface area contributed by atoms with Gasteiger partial charge in [0.15, 0.2) is 5.96 Å². The molecule has 0 aliphatic carbocycles. The standard InChI is InChI=1S/C19H25FN4OS.HI/c1-2-21-19(22-13-15-5-6-17(20)16(12-15)14-25)24-9-7-23(8-10-24)18-4-3-11-26-18;/h3-6,11-12,25H,2,7-10,13-14H2,1H3,(H,21,22);1H. The largest absolute Gasteiger partial charge is 0.392 e. The van der Waals surface area contributed by atoms with Crippen molar-refractivity contribution in [3.63, 3.8) is 0 Å². The monoisotopic (exact) mass is 504 g/mol. The molecule has 1 aliphatic heterocycles. The third-order valence-corrected chi connectivity index (χ3v) is 5.35. The highest BCUT2D eigenvalue weighted by Gasteiger charge is 2.20. The van der Waals surface area contributed by atoms with Gasteiger partial charge in [-0.15, -0.1) is 35.3 Å². The highest BCUT2D eigenvalue weighted by Crippen LogP contribution is 2.22. The summed E-state index contributed by atoms with van der Waals surface area (Å²) in [4.78, 5) is 9.38. The molecule has 2 N–H and O–H groups in total. The normalized spacial score (nSPS) is 14.9. The van der Waals surface area contributed by atoms with Crippen LogP contribution in [0.2, 0.25) is 0 Å². The van der Waals surface area contributed by atoms with Gasteiger partial charge in [0.1, 0.15) is 5.82 Å². The average Bonchev–Trinajstić information content (AvgIpc) is 3.21. The number of benzene rings is 1. The molecule has 1 saturated heterocycles. The fourth-order valence-electron chi connectivity index (χ4n) is 3.03. The Bertz CT molecular complexity index is 733. The van der Waals surface area contributed by atoms with Crippen LogP contribution in [-0.2, 0) is 13.2 Å². The van der Waals surface area contributed by atoms with Crippen LogP contribution in [0.25, 0.3) is 0 Å². The van der Waals surface area contributed by atoms with E-state index in [0.717, 1.165) is 44.2 Å². The molecule has 0 bridgehead atoms. The molecule has 3 rings (SSSR count). The zero-order valence-corrected chi connectivity index (χ0v) is 18.5. The van der Waals surface area contributed by atoms with E-state index in [-0.39, 0.29) is 36.4 Å². The van der Waals surface area contributed by atoms with Gasteiger partial charge < -0.3 is 20.2 Å². The summed E-state index contributed by atoms with van der Waals surface area (Å²) >= 11 is 1.77. The molecule has 8 heteroatoms. The number of rotatable bonds is 5. The van der Waals surface area contributed by atoms with Gasteiger partial charge in [0.05, 0.1) is 18.2 Å². The Kier molecular flexibility index (Phi) is 8.78. The Morgan fingerprint density at radius 1 is 1.26 bits per heavy atom. The minimum Gasteiger partial charge on any atom is -0.392 e. The van der Waals surface area contributed by atoms with Crippen LogP contribution in [0.5, 0.6) is 0 Å². The van der Waals surface area contributed by atoms with E-state index in [1.807, 2.05) is 0 Å². The zero-order chi connectivity index (χ0) is 18.4. The zero-order valence-electron chi connectivity index (χ0n) is 15.4. The second-order valence-electron chi connectivity index (χ2n) is 6.18. The average molecular weight is 504 g/mol. The number of nitrogens with one attached hydrogen (secondary N) is 1. The van der Waals surface area contributed by atoms with E-state index in [1.54, 1.807) is 23.5 Å². The minimum atomic E-state index is -0.378. The smallest absolute Gasteiger partial charge is 0.194 e. The van der Waals surface area contributed by atoms with E-state index in [9.17, 15) is 9.50 Å². The van der Waals surface area contributed by atoms with E-state index in [2.05, 4.69) is 39.6 Å². The Balaban J connectivity index is 0.00000261. The molecule has 0 spiro atoms. The molecule has 0 radical (unpaired) electrons. The summed E-state index contributed by atoms with van der Waals surface area (Å²) in [6.07, 6.45) is 0. The van der Waals surface area contributed by atoms with Gasteiger partial charge in [-0.1, -0.05) is 6.07 Å². The molecule has 2 aromatic rings. The first-order chi connectivity index (χ1) is 12.7. The van der Waals surface area contributed by atoms with E-state index in [1.165, 1.54) is 11.1 Å². The van der Waals surface area contributed by atoms with Crippen LogP contribution in [-0.4, -0.2) is 48.7 Å². The predicted octanol–water partition coefficient (Wildman–Crippen LogP) is 3.29. The van der Waals surface area contributed by atoms with Crippen LogP contribution in [0.3, 0.4) is 0 Å². The van der Waals surface area contributed by atoms with Crippen molar-refractivity contribution in [2.24, 2.45) is 4.99 Å². The number of aliphatic hydroxyl groups excluding tert-OH is 1. The number of aliphatic imine (C=N–C) groups is 1. The molecule has 1 aromatic carbocycles. The predicted molar refractivity (Wildman–Crippen MR) is 121 cm³/mol. The van der Waals surface area contributed by atoms with Gasteiger partial charge in [-0.2, -0.15) is 0 Å². The SMILES string of the molecule is CCNC(=NCc1ccc(F)c(CO)c1)N1CCN(c2cccs2)CC1.I. The maximum atomic E-state index is 13.5. The van der Waals surface area contributed by atoms with Crippen molar-refractivity contribution >= 4 is 46.3 Å². The van der Waals surface area contributed by atoms with Crippen LogP contribution >= 0.6 is 35.3 Å². The van der Waals surface area contributed by atoms with Gasteiger partial charge in [0.2, 0.25) is 0 Å². The lowest BCUT2D eigenvalue weighted by Crippen LogP contribution is -2.52. The fourth-order valence-corrected chi connectivity index (χ4v) is 3.81. The summed E-state index contributed by atoms with van der Waals surface area (Å²) < 4.78 is 13.5. The maximum absolute atomic E-state index is 13.5. The highest BCUT2D eigenvalue weighted by atomic mass is 127. The van der Waals surface area contributed by atoms with Crippen LogP contribution in [0.1, 0.15) is 18.1 Å². The second kappa shape index (κ2) is 10.8. The van der Waals surface area contributed by atoms with Crippen molar-refractivity contribution < 1.29 is 9.50 Å². The molecule has 2 heterocycles. The molecule has 1 aromatic heterocycles. The fraction of sp³-hybridized carbons (Fsp3) is 0.421. The molecule has 0 amide bonds. The third-order valence-electron chi connectivity index (χ3n) is 4.42. The van der Waals surface area contributed by atoms with Crippen molar-refractivity contribution in [3.8, 4) is 0 Å². The number of aliphatic hydroxyl groups is 1. The topological polar surface area (TPSA) is 51.1 Å². The van der Waals surface area contributed by atoms with Gasteiger partial charge in [0.25, 0.3) is 0 Å². The van der Waals surface area contributed by atoms with Gasteiger partial charge >= 0.3 is 0 Å². The van der Waals surface area contributed by atoms with Crippen LogP contribution < -0.4 is 10.2 Å². The van der Waals surface area contributed by atoms with E-state index >= 15 is 0 Å². The molecule has 0 saturated carbocycles. The van der Waals surface area contributed by atoms with Crippen LogP contribution in [0.15, 0.2) is 40.7 Å². The Labute approximate surface area is 180 Å². The maximum Gasteiger partial charge on any atom is 0.194 e. The van der Waals surface area contributed by atoms with E-state index < -0.39 is 0 Å². The summed E-state index contributed by atoms with van der Waals surface area (Å²) in [7, 11) is 0. The Hall–Kier alpha value is -1.39. The molecule has 0 unspecified atom stereocenters. The van der Waals surface area contributed by atoms with Gasteiger partial charge in [-0.05, 0) is 42.1 Å². The van der Waals surface area contributed by atoms with Crippen LogP contribution in [0, 0.1) is 5.82 Å². The van der Waals surface area contributed by atoms with Crippen molar-refractivity contribution in [2.75, 3.05) is 37.6 Å². The quantitative estimate of drug-likeness (QED) is 0.373. The third kappa shape index (κ3) is 5.79. The number of piperazine rings is 1. The second-order valence-corrected chi connectivity index (χ2v) is 7.11. The van der Waals surface area contributed by atoms with Crippen molar-refractivity contribution in [1.82, 2.24) is 10.2 Å². The number of hydrogen-bond acceptors (Lipinski definition) is 4. The van der Waals surface area contributed by atoms with E-state index in [4.69, 9.17) is 4.99 Å². The summed E-state index contributed by atoms with van der Waals surface area (Å²) in [6, 6.07) is 9.03. The lowest BCUT2D eigenvalue weighted by molar-refractivity contribution is 0.275. The number of thiophene rings is 1. The Morgan fingerprint density at radius 2 is 2.04 bits per heavy atom. The molecule has 5 nitrogen and oxygen atoms in total. The molecule has 0 atom stereocenters. The lowest BCUT2D eigenvalue weighted by Gasteiger charge is -2.37. The molecular formula is C19H26FIN4OS. The van der Waals surface area contributed by atoms with E-state index in [0.29, 0.717) is 12.1 Å². The Morgan fingerprint density at radius 3 is 2.67 bits per heavy atom. The molecule has 27 heavy (non-hydrogen) atoms. The van der Waals surface area contributed by atoms with Crippen molar-refractivity contribution in [2.45, 2.75) is 20.1 Å². The first kappa shape index (κ1) is 21.9. The highest BCUT2D eigenvalue weighted by molar-refractivity contribution is 14.0.